The van der Waals surface area contributed by atoms with Gasteiger partial charge in [0.1, 0.15) is 18.1 Å². The molecule has 0 fully saturated rings. The Labute approximate surface area is 161 Å². The van der Waals surface area contributed by atoms with Gasteiger partial charge in [-0.2, -0.15) is 0 Å². The Morgan fingerprint density at radius 3 is 2.78 bits per heavy atom. The standard InChI is InChI=1S/C22H28N2O3/c1-16-17-5-4-6-19(13-17)27-12-10-24-18(15-25-3)9-11-26-20-7-8-22(23-2)21(16)14-20/h4-8,13-14,18,23-24H,1,9-12,15H2,2-3H3. The third kappa shape index (κ3) is 5.02. The van der Waals surface area contributed by atoms with E-state index in [0.717, 1.165) is 46.9 Å². The predicted molar refractivity (Wildman–Crippen MR) is 110 cm³/mol. The fraction of sp³-hybridized carbons (Fsp3) is 0.364. The van der Waals surface area contributed by atoms with Gasteiger partial charge in [0.25, 0.3) is 0 Å². The van der Waals surface area contributed by atoms with Crippen molar-refractivity contribution in [2.45, 2.75) is 12.5 Å². The summed E-state index contributed by atoms with van der Waals surface area (Å²) in [6.07, 6.45) is 0.853. The zero-order valence-corrected chi connectivity index (χ0v) is 16.1. The number of benzene rings is 2. The molecule has 2 aromatic rings. The summed E-state index contributed by atoms with van der Waals surface area (Å²) in [5.74, 6) is 1.68. The maximum Gasteiger partial charge on any atom is 0.120 e. The van der Waals surface area contributed by atoms with E-state index in [1.54, 1.807) is 7.11 Å². The van der Waals surface area contributed by atoms with Crippen molar-refractivity contribution in [3.05, 3.63) is 60.2 Å². The minimum Gasteiger partial charge on any atom is -0.494 e. The van der Waals surface area contributed by atoms with Crippen LogP contribution in [0.3, 0.4) is 0 Å². The largest absolute Gasteiger partial charge is 0.494 e. The molecule has 0 amide bonds. The molecule has 27 heavy (non-hydrogen) atoms. The normalized spacial score (nSPS) is 17.9. The highest BCUT2D eigenvalue weighted by Gasteiger charge is 2.13. The smallest absolute Gasteiger partial charge is 0.120 e. The van der Waals surface area contributed by atoms with E-state index < -0.39 is 0 Å². The summed E-state index contributed by atoms with van der Waals surface area (Å²) in [7, 11) is 3.63. The highest BCUT2D eigenvalue weighted by Crippen LogP contribution is 2.32. The van der Waals surface area contributed by atoms with Crippen molar-refractivity contribution in [3.8, 4) is 11.5 Å². The van der Waals surface area contributed by atoms with E-state index in [1.807, 2.05) is 49.5 Å². The third-order valence-corrected chi connectivity index (χ3v) is 4.67. The van der Waals surface area contributed by atoms with Gasteiger partial charge >= 0.3 is 0 Å². The summed E-state index contributed by atoms with van der Waals surface area (Å²) in [4.78, 5) is 0. The summed E-state index contributed by atoms with van der Waals surface area (Å²) in [6, 6.07) is 14.3. The van der Waals surface area contributed by atoms with Gasteiger partial charge in [0, 0.05) is 38.0 Å². The van der Waals surface area contributed by atoms with E-state index in [9.17, 15) is 0 Å². The fourth-order valence-electron chi connectivity index (χ4n) is 3.21. The SMILES string of the molecule is C=C1c2cccc(c2)OCCNC(COC)CCOc2ccc(NC)c1c2. The highest BCUT2D eigenvalue weighted by atomic mass is 16.5. The first-order valence-electron chi connectivity index (χ1n) is 9.30. The molecule has 1 aliphatic heterocycles. The lowest BCUT2D eigenvalue weighted by molar-refractivity contribution is 0.148. The Bertz CT molecular complexity index is 776. The van der Waals surface area contributed by atoms with Crippen LogP contribution in [0.25, 0.3) is 5.57 Å². The van der Waals surface area contributed by atoms with E-state index in [-0.39, 0.29) is 6.04 Å². The van der Waals surface area contributed by atoms with Crippen molar-refractivity contribution in [2.75, 3.05) is 45.8 Å². The van der Waals surface area contributed by atoms with Gasteiger partial charge < -0.3 is 24.8 Å². The summed E-state index contributed by atoms with van der Waals surface area (Å²) < 4.78 is 17.2. The molecule has 1 atom stereocenters. The van der Waals surface area contributed by atoms with Crippen molar-refractivity contribution in [2.24, 2.45) is 0 Å². The number of fused-ring (bicyclic) bond motifs is 4. The van der Waals surface area contributed by atoms with Crippen molar-refractivity contribution >= 4 is 11.3 Å². The molecule has 0 aliphatic carbocycles. The Kier molecular flexibility index (Phi) is 6.74. The van der Waals surface area contributed by atoms with Gasteiger partial charge in [-0.05, 0) is 47.9 Å². The second-order valence-corrected chi connectivity index (χ2v) is 6.56. The maximum absolute atomic E-state index is 6.01. The molecule has 144 valence electrons. The van der Waals surface area contributed by atoms with E-state index in [2.05, 4.69) is 17.2 Å². The first-order valence-corrected chi connectivity index (χ1v) is 9.30. The number of rotatable bonds is 3. The van der Waals surface area contributed by atoms with Gasteiger partial charge in [0.2, 0.25) is 0 Å². The Morgan fingerprint density at radius 2 is 1.96 bits per heavy atom. The van der Waals surface area contributed by atoms with Crippen molar-refractivity contribution < 1.29 is 14.2 Å². The fourth-order valence-corrected chi connectivity index (χ4v) is 3.21. The molecule has 4 bridgehead atoms. The maximum atomic E-state index is 6.01. The predicted octanol–water partition coefficient (Wildman–Crippen LogP) is 3.56. The van der Waals surface area contributed by atoms with Crippen LogP contribution in [0.15, 0.2) is 49.0 Å². The molecule has 0 saturated heterocycles. The summed E-state index contributed by atoms with van der Waals surface area (Å²) in [5, 5.41) is 6.71. The van der Waals surface area contributed by atoms with Crippen molar-refractivity contribution in [1.82, 2.24) is 5.32 Å². The minimum absolute atomic E-state index is 0.223. The van der Waals surface area contributed by atoms with Crippen molar-refractivity contribution in [1.29, 1.82) is 0 Å². The molecule has 0 aromatic heterocycles. The van der Waals surface area contributed by atoms with Crippen LogP contribution in [0, 0.1) is 0 Å². The number of hydrogen-bond acceptors (Lipinski definition) is 5. The van der Waals surface area contributed by atoms with Gasteiger partial charge in [0.05, 0.1) is 13.2 Å². The Balaban J connectivity index is 1.92. The average Bonchev–Trinajstić information content (AvgIpc) is 2.70. The van der Waals surface area contributed by atoms with Crippen LogP contribution >= 0.6 is 0 Å². The molecular weight excluding hydrogens is 340 g/mol. The second kappa shape index (κ2) is 9.44. The molecule has 1 heterocycles. The monoisotopic (exact) mass is 368 g/mol. The molecule has 2 N–H and O–H groups in total. The van der Waals surface area contributed by atoms with E-state index >= 15 is 0 Å². The third-order valence-electron chi connectivity index (χ3n) is 4.67. The molecule has 0 radical (unpaired) electrons. The van der Waals surface area contributed by atoms with E-state index in [1.165, 1.54) is 0 Å². The molecule has 1 unspecified atom stereocenters. The van der Waals surface area contributed by atoms with Gasteiger partial charge in [-0.3, -0.25) is 0 Å². The van der Waals surface area contributed by atoms with Gasteiger partial charge in [-0.1, -0.05) is 18.7 Å². The molecular formula is C22H28N2O3. The molecule has 5 nitrogen and oxygen atoms in total. The molecule has 5 heteroatoms. The quantitative estimate of drug-likeness (QED) is 0.868. The van der Waals surface area contributed by atoms with Crippen LogP contribution in [0.5, 0.6) is 11.5 Å². The van der Waals surface area contributed by atoms with Crippen molar-refractivity contribution in [3.63, 3.8) is 0 Å². The first-order chi connectivity index (χ1) is 13.2. The first kappa shape index (κ1) is 19.3. The summed E-state index contributed by atoms with van der Waals surface area (Å²) >= 11 is 0. The number of anilines is 1. The van der Waals surface area contributed by atoms with Crippen LogP contribution in [0.1, 0.15) is 17.5 Å². The van der Waals surface area contributed by atoms with Crippen LogP contribution < -0.4 is 20.1 Å². The average molecular weight is 368 g/mol. The molecule has 2 aromatic carbocycles. The van der Waals surface area contributed by atoms with E-state index in [0.29, 0.717) is 19.8 Å². The molecule has 1 aliphatic rings. The topological polar surface area (TPSA) is 51.8 Å². The van der Waals surface area contributed by atoms with Gasteiger partial charge in [0.15, 0.2) is 0 Å². The molecule has 3 rings (SSSR count). The molecule has 0 spiro atoms. The number of ether oxygens (including phenoxy) is 3. The lowest BCUT2D eigenvalue weighted by Gasteiger charge is -2.18. The summed E-state index contributed by atoms with van der Waals surface area (Å²) in [6.45, 7) is 6.90. The van der Waals surface area contributed by atoms with Gasteiger partial charge in [-0.15, -0.1) is 0 Å². The van der Waals surface area contributed by atoms with E-state index in [4.69, 9.17) is 14.2 Å². The number of nitrogens with one attached hydrogen (secondary N) is 2. The highest BCUT2D eigenvalue weighted by molar-refractivity contribution is 5.85. The van der Waals surface area contributed by atoms with Crippen LogP contribution in [-0.2, 0) is 4.74 Å². The Hall–Kier alpha value is -2.50. The lowest BCUT2D eigenvalue weighted by Crippen LogP contribution is -2.37. The summed E-state index contributed by atoms with van der Waals surface area (Å²) in [5.41, 5.74) is 4.00. The lowest BCUT2D eigenvalue weighted by atomic mass is 9.97. The van der Waals surface area contributed by atoms with Crippen LogP contribution in [0.2, 0.25) is 0 Å². The molecule has 0 saturated carbocycles. The zero-order chi connectivity index (χ0) is 19.1. The van der Waals surface area contributed by atoms with Gasteiger partial charge in [-0.25, -0.2) is 0 Å². The second-order valence-electron chi connectivity index (χ2n) is 6.56. The minimum atomic E-state index is 0.223. The van der Waals surface area contributed by atoms with Crippen LogP contribution in [0.4, 0.5) is 5.69 Å². The number of methoxy groups -OCH3 is 1. The Morgan fingerprint density at radius 1 is 1.15 bits per heavy atom. The number of hydrogen-bond donors (Lipinski definition) is 2. The zero-order valence-electron chi connectivity index (χ0n) is 16.1. The van der Waals surface area contributed by atoms with Crippen LogP contribution in [-0.4, -0.2) is 46.6 Å².